The number of carbonyl (C=O) groups excluding carboxylic acids is 3. The molecule has 2 fully saturated rings. The predicted octanol–water partition coefficient (Wildman–Crippen LogP) is 1.70. The Kier molecular flexibility index (Phi) is 6.96. The Morgan fingerprint density at radius 1 is 1.12 bits per heavy atom. The highest BCUT2D eigenvalue weighted by atomic mass is 35.5. The predicted molar refractivity (Wildman–Crippen MR) is 98.0 cm³/mol. The normalized spacial score (nSPS) is 22.0. The van der Waals surface area contributed by atoms with Crippen molar-refractivity contribution < 1.29 is 14.4 Å². The summed E-state index contributed by atoms with van der Waals surface area (Å²) in [7, 11) is 0. The second-order valence-electron chi connectivity index (χ2n) is 6.51. The Morgan fingerprint density at radius 2 is 1.80 bits per heavy atom. The minimum atomic E-state index is -0.347. The molecular formula is C18H24ClN3O3. The lowest BCUT2D eigenvalue weighted by atomic mass is 9.89. The van der Waals surface area contributed by atoms with Crippen molar-refractivity contribution in [2.75, 3.05) is 25.0 Å². The van der Waals surface area contributed by atoms with E-state index in [2.05, 4.69) is 27.7 Å². The largest absolute Gasteiger partial charge is 0.374 e. The van der Waals surface area contributed by atoms with Gasteiger partial charge in [-0.2, -0.15) is 0 Å². The van der Waals surface area contributed by atoms with Crippen LogP contribution in [0.4, 0.5) is 5.69 Å². The number of aldehydes is 1. The molecule has 0 saturated carbocycles. The molecule has 2 saturated heterocycles. The second kappa shape index (κ2) is 8.97. The number of likely N-dealkylation sites (tertiary alicyclic amines) is 1. The molecule has 0 spiro atoms. The number of carbonyl (C=O) groups is 3. The molecule has 3 rings (SSSR count). The quantitative estimate of drug-likeness (QED) is 0.613. The Hall–Kier alpha value is -1.92. The summed E-state index contributed by atoms with van der Waals surface area (Å²) in [4.78, 5) is 35.7. The molecule has 0 aliphatic carbocycles. The maximum absolute atomic E-state index is 11.8. The SMILES string of the molecule is Cl.O=CCN1CCC(c2ccc(NC3CCC(=O)NC3=O)cc2)CC1. The fourth-order valence-electron chi connectivity index (χ4n) is 3.44. The van der Waals surface area contributed by atoms with E-state index in [0.717, 1.165) is 37.9 Å². The Morgan fingerprint density at radius 3 is 2.40 bits per heavy atom. The number of rotatable bonds is 5. The zero-order valence-corrected chi connectivity index (χ0v) is 14.9. The number of anilines is 1. The zero-order valence-electron chi connectivity index (χ0n) is 14.1. The fourth-order valence-corrected chi connectivity index (χ4v) is 3.44. The first-order chi connectivity index (χ1) is 11.7. The molecule has 0 bridgehead atoms. The number of hydrogen-bond acceptors (Lipinski definition) is 5. The van der Waals surface area contributed by atoms with Gasteiger partial charge in [0.25, 0.3) is 0 Å². The second-order valence-corrected chi connectivity index (χ2v) is 6.51. The number of halogens is 1. The van der Waals surface area contributed by atoms with Crippen molar-refractivity contribution in [2.24, 2.45) is 0 Å². The monoisotopic (exact) mass is 365 g/mol. The van der Waals surface area contributed by atoms with Crippen LogP contribution in [0.3, 0.4) is 0 Å². The fraction of sp³-hybridized carbons (Fsp3) is 0.500. The minimum absolute atomic E-state index is 0. The van der Waals surface area contributed by atoms with E-state index in [1.807, 2.05) is 12.1 Å². The van der Waals surface area contributed by atoms with Crippen LogP contribution < -0.4 is 10.6 Å². The average molecular weight is 366 g/mol. The Bertz CT molecular complexity index is 612. The summed E-state index contributed by atoms with van der Waals surface area (Å²) in [5.74, 6) is 0.0738. The van der Waals surface area contributed by atoms with Gasteiger partial charge in [0, 0.05) is 12.1 Å². The number of nitrogens with one attached hydrogen (secondary N) is 2. The molecule has 136 valence electrons. The van der Waals surface area contributed by atoms with Gasteiger partial charge in [-0.3, -0.25) is 19.8 Å². The summed E-state index contributed by atoms with van der Waals surface area (Å²) >= 11 is 0. The van der Waals surface area contributed by atoms with Crippen LogP contribution in [0, 0.1) is 0 Å². The lowest BCUT2D eigenvalue weighted by molar-refractivity contribution is -0.133. The molecule has 2 heterocycles. The molecule has 7 heteroatoms. The topological polar surface area (TPSA) is 78.5 Å². The molecule has 2 amide bonds. The van der Waals surface area contributed by atoms with Gasteiger partial charge in [0.05, 0.1) is 6.54 Å². The number of hydrogen-bond donors (Lipinski definition) is 2. The van der Waals surface area contributed by atoms with Crippen LogP contribution in [-0.2, 0) is 14.4 Å². The van der Waals surface area contributed by atoms with Gasteiger partial charge in [0.2, 0.25) is 11.8 Å². The van der Waals surface area contributed by atoms with Crippen LogP contribution in [0.1, 0.15) is 37.2 Å². The molecule has 25 heavy (non-hydrogen) atoms. The molecule has 0 aromatic heterocycles. The summed E-state index contributed by atoms with van der Waals surface area (Å²) < 4.78 is 0. The van der Waals surface area contributed by atoms with E-state index in [1.54, 1.807) is 0 Å². The molecule has 1 atom stereocenters. The van der Waals surface area contributed by atoms with E-state index >= 15 is 0 Å². The van der Waals surface area contributed by atoms with E-state index < -0.39 is 0 Å². The van der Waals surface area contributed by atoms with E-state index in [-0.39, 0.29) is 30.3 Å². The van der Waals surface area contributed by atoms with Crippen LogP contribution in [0.25, 0.3) is 0 Å². The first-order valence-corrected chi connectivity index (χ1v) is 8.52. The van der Waals surface area contributed by atoms with Gasteiger partial charge in [-0.15, -0.1) is 12.4 Å². The van der Waals surface area contributed by atoms with Crippen LogP contribution in [0.15, 0.2) is 24.3 Å². The van der Waals surface area contributed by atoms with Crippen molar-refractivity contribution in [3.8, 4) is 0 Å². The molecule has 1 aromatic carbocycles. The molecule has 2 N–H and O–H groups in total. The molecule has 0 radical (unpaired) electrons. The summed E-state index contributed by atoms with van der Waals surface area (Å²) in [5.41, 5.74) is 2.20. The van der Waals surface area contributed by atoms with Gasteiger partial charge < -0.3 is 10.1 Å². The number of benzene rings is 1. The summed E-state index contributed by atoms with van der Waals surface area (Å²) in [6.07, 6.45) is 4.00. The Labute approximate surface area is 153 Å². The zero-order chi connectivity index (χ0) is 16.9. The van der Waals surface area contributed by atoms with E-state index in [9.17, 15) is 14.4 Å². The highest BCUT2D eigenvalue weighted by molar-refractivity contribution is 6.01. The smallest absolute Gasteiger partial charge is 0.249 e. The van der Waals surface area contributed by atoms with Crippen molar-refractivity contribution in [3.63, 3.8) is 0 Å². The van der Waals surface area contributed by atoms with Gasteiger partial charge >= 0.3 is 0 Å². The molecule has 1 aromatic rings. The van der Waals surface area contributed by atoms with Gasteiger partial charge in [0.1, 0.15) is 12.3 Å². The number of imide groups is 1. The minimum Gasteiger partial charge on any atom is -0.374 e. The van der Waals surface area contributed by atoms with E-state index in [4.69, 9.17) is 0 Å². The summed E-state index contributed by atoms with van der Waals surface area (Å²) in [5, 5.41) is 5.55. The van der Waals surface area contributed by atoms with Crippen molar-refractivity contribution in [2.45, 2.75) is 37.6 Å². The first-order valence-electron chi connectivity index (χ1n) is 8.52. The van der Waals surface area contributed by atoms with Gasteiger partial charge in [0.15, 0.2) is 0 Å². The molecular weight excluding hydrogens is 342 g/mol. The van der Waals surface area contributed by atoms with Crippen LogP contribution in [0.5, 0.6) is 0 Å². The Balaban J connectivity index is 0.00000225. The lowest BCUT2D eigenvalue weighted by Gasteiger charge is -2.31. The standard InChI is InChI=1S/C18H23N3O3.ClH/c22-12-11-21-9-7-14(8-10-21)13-1-3-15(4-2-13)19-16-5-6-17(23)20-18(16)24;/h1-4,12,14,16,19H,5-11H2,(H,20,23,24);1H. The third kappa shape index (κ3) is 5.03. The van der Waals surface area contributed by atoms with Gasteiger partial charge in [-0.1, -0.05) is 12.1 Å². The highest BCUT2D eigenvalue weighted by Crippen LogP contribution is 2.28. The van der Waals surface area contributed by atoms with Crippen molar-refractivity contribution in [3.05, 3.63) is 29.8 Å². The van der Waals surface area contributed by atoms with Crippen molar-refractivity contribution in [1.82, 2.24) is 10.2 Å². The molecule has 6 nitrogen and oxygen atoms in total. The van der Waals surface area contributed by atoms with Gasteiger partial charge in [-0.25, -0.2) is 0 Å². The summed E-state index contributed by atoms with van der Waals surface area (Å²) in [6.45, 7) is 2.45. The van der Waals surface area contributed by atoms with Crippen molar-refractivity contribution in [1.29, 1.82) is 0 Å². The van der Waals surface area contributed by atoms with Gasteiger partial charge in [-0.05, 0) is 56.0 Å². The van der Waals surface area contributed by atoms with E-state index in [1.165, 1.54) is 5.56 Å². The maximum atomic E-state index is 11.8. The maximum Gasteiger partial charge on any atom is 0.249 e. The van der Waals surface area contributed by atoms with Crippen molar-refractivity contribution >= 4 is 36.2 Å². The number of piperidine rings is 2. The van der Waals surface area contributed by atoms with Crippen LogP contribution in [-0.4, -0.2) is 48.7 Å². The third-order valence-electron chi connectivity index (χ3n) is 4.88. The van der Waals surface area contributed by atoms with E-state index in [0.29, 0.717) is 25.3 Å². The first kappa shape index (κ1) is 19.4. The average Bonchev–Trinajstić information content (AvgIpc) is 2.59. The number of nitrogens with zero attached hydrogens (tertiary/aromatic N) is 1. The van der Waals surface area contributed by atoms with Crippen LogP contribution in [0.2, 0.25) is 0 Å². The molecule has 2 aliphatic rings. The third-order valence-corrected chi connectivity index (χ3v) is 4.88. The number of amides is 2. The molecule has 1 unspecified atom stereocenters. The highest BCUT2D eigenvalue weighted by Gasteiger charge is 2.26. The molecule has 2 aliphatic heterocycles. The lowest BCUT2D eigenvalue weighted by Crippen LogP contribution is -2.47. The van der Waals surface area contributed by atoms with Crippen LogP contribution >= 0.6 is 12.4 Å². The summed E-state index contributed by atoms with van der Waals surface area (Å²) in [6, 6.07) is 7.86.